The van der Waals surface area contributed by atoms with Crippen molar-refractivity contribution in [3.8, 4) is 0 Å². The zero-order chi connectivity index (χ0) is 14.2. The van der Waals surface area contributed by atoms with Gasteiger partial charge in [-0.25, -0.2) is 4.98 Å². The second-order valence-electron chi connectivity index (χ2n) is 4.47. The quantitative estimate of drug-likeness (QED) is 0.819. The highest BCUT2D eigenvalue weighted by Gasteiger charge is 2.11. The van der Waals surface area contributed by atoms with Gasteiger partial charge in [-0.15, -0.1) is 0 Å². The van der Waals surface area contributed by atoms with E-state index in [1.807, 2.05) is 43.4 Å². The van der Waals surface area contributed by atoms with Crippen LogP contribution in [0.15, 0.2) is 17.2 Å². The molecule has 6 heteroatoms. The number of hydrogen-bond donors (Lipinski definition) is 1. The number of aryl methyl sites for hydroxylation is 2. The average molecular weight is 370 g/mol. The fourth-order valence-electron chi connectivity index (χ4n) is 1.84. The minimum absolute atomic E-state index is 0.0477. The molecule has 2 aromatic heterocycles. The second kappa shape index (κ2) is 5.28. The van der Waals surface area contributed by atoms with E-state index in [1.165, 1.54) is 0 Å². The second-order valence-corrected chi connectivity index (χ2v) is 5.63. The number of nitrogens with zero attached hydrogens (tertiary/aromatic N) is 3. The highest BCUT2D eigenvalue weighted by Crippen LogP contribution is 2.18. The summed E-state index contributed by atoms with van der Waals surface area (Å²) in [6.07, 6.45) is 3.32. The van der Waals surface area contributed by atoms with Gasteiger partial charge >= 0.3 is 0 Å². The van der Waals surface area contributed by atoms with Gasteiger partial charge in [0.25, 0.3) is 5.56 Å². The third-order valence-electron chi connectivity index (χ3n) is 3.19. The van der Waals surface area contributed by atoms with E-state index in [0.717, 1.165) is 22.5 Å². The summed E-state index contributed by atoms with van der Waals surface area (Å²) in [5.41, 5.74) is 9.36. The van der Waals surface area contributed by atoms with Crippen LogP contribution in [0.1, 0.15) is 22.6 Å². The summed E-state index contributed by atoms with van der Waals surface area (Å²) in [5, 5.41) is 0. The van der Waals surface area contributed by atoms with E-state index >= 15 is 0 Å². The number of nitrogens with two attached hydrogens (primary N) is 1. The molecule has 0 aliphatic heterocycles. The number of aromatic nitrogens is 3. The van der Waals surface area contributed by atoms with Gasteiger partial charge < -0.3 is 5.73 Å². The van der Waals surface area contributed by atoms with E-state index in [-0.39, 0.29) is 5.56 Å². The van der Waals surface area contributed by atoms with Gasteiger partial charge in [-0.2, -0.15) is 0 Å². The van der Waals surface area contributed by atoms with Gasteiger partial charge in [0.05, 0.1) is 15.8 Å². The zero-order valence-corrected chi connectivity index (χ0v) is 13.2. The lowest BCUT2D eigenvalue weighted by molar-refractivity contribution is 0.678. The molecule has 0 bridgehead atoms. The molecule has 100 valence electrons. The molecule has 0 amide bonds. The number of halogens is 1. The van der Waals surface area contributed by atoms with Crippen molar-refractivity contribution in [1.29, 1.82) is 0 Å². The van der Waals surface area contributed by atoms with Gasteiger partial charge in [-0.1, -0.05) is 0 Å². The largest absolute Gasteiger partial charge is 0.398 e. The van der Waals surface area contributed by atoms with Gasteiger partial charge in [0.2, 0.25) is 0 Å². The molecule has 2 heterocycles. The third-order valence-corrected chi connectivity index (χ3v) is 3.93. The van der Waals surface area contributed by atoms with Crippen molar-refractivity contribution in [2.75, 3.05) is 5.73 Å². The summed E-state index contributed by atoms with van der Waals surface area (Å²) < 4.78 is 2.22. The first-order valence-corrected chi connectivity index (χ1v) is 6.92. The van der Waals surface area contributed by atoms with Crippen molar-refractivity contribution in [3.63, 3.8) is 0 Å². The normalized spacial score (nSPS) is 10.7. The summed E-state index contributed by atoms with van der Waals surface area (Å²) in [6, 6.07) is 0. The summed E-state index contributed by atoms with van der Waals surface area (Å²) >= 11 is 1.99. The number of hydrogen-bond acceptors (Lipinski definition) is 4. The fraction of sp³-hybridized carbons (Fsp3) is 0.308. The van der Waals surface area contributed by atoms with Crippen molar-refractivity contribution in [2.24, 2.45) is 0 Å². The Kier molecular flexibility index (Phi) is 3.88. The zero-order valence-electron chi connectivity index (χ0n) is 11.1. The first-order chi connectivity index (χ1) is 8.91. The summed E-state index contributed by atoms with van der Waals surface area (Å²) in [6.45, 7) is 6.05. The van der Waals surface area contributed by atoms with E-state index in [0.29, 0.717) is 15.9 Å². The predicted octanol–water partition coefficient (Wildman–Crippen LogP) is 1.80. The van der Waals surface area contributed by atoms with Crippen LogP contribution in [0.4, 0.5) is 5.69 Å². The van der Waals surface area contributed by atoms with Crippen LogP contribution in [0, 0.1) is 24.3 Å². The smallest absolute Gasteiger partial charge is 0.267 e. The minimum atomic E-state index is -0.0477. The van der Waals surface area contributed by atoms with Crippen LogP contribution in [0.2, 0.25) is 0 Å². The Bertz CT molecular complexity index is 694. The Balaban J connectivity index is 2.51. The highest BCUT2D eigenvalue weighted by molar-refractivity contribution is 14.1. The molecule has 0 spiro atoms. The van der Waals surface area contributed by atoms with Gasteiger partial charge in [0.1, 0.15) is 5.82 Å². The molecule has 0 saturated carbocycles. The molecule has 0 fully saturated rings. The Hall–Kier alpha value is -1.44. The molecule has 0 unspecified atom stereocenters. The lowest BCUT2D eigenvalue weighted by Crippen LogP contribution is -2.26. The fourth-order valence-corrected chi connectivity index (χ4v) is 2.27. The van der Waals surface area contributed by atoms with Crippen LogP contribution >= 0.6 is 22.6 Å². The average Bonchev–Trinajstić information content (AvgIpc) is 2.39. The third kappa shape index (κ3) is 2.63. The van der Waals surface area contributed by atoms with Crippen LogP contribution in [-0.2, 0) is 6.54 Å². The van der Waals surface area contributed by atoms with Crippen LogP contribution in [0.5, 0.6) is 0 Å². The maximum Gasteiger partial charge on any atom is 0.267 e. The summed E-state index contributed by atoms with van der Waals surface area (Å²) in [7, 11) is 0. The number of anilines is 1. The van der Waals surface area contributed by atoms with Crippen LogP contribution in [0.25, 0.3) is 0 Å². The van der Waals surface area contributed by atoms with Gasteiger partial charge in [0, 0.05) is 18.1 Å². The first kappa shape index (κ1) is 14.0. The monoisotopic (exact) mass is 370 g/mol. The molecule has 0 atom stereocenters. The molecular weight excluding hydrogens is 355 g/mol. The first-order valence-electron chi connectivity index (χ1n) is 5.84. The molecule has 19 heavy (non-hydrogen) atoms. The summed E-state index contributed by atoms with van der Waals surface area (Å²) in [4.78, 5) is 20.7. The molecule has 0 aromatic carbocycles. The van der Waals surface area contributed by atoms with Crippen LogP contribution < -0.4 is 11.3 Å². The maximum absolute atomic E-state index is 12.1. The molecule has 0 saturated heterocycles. The van der Waals surface area contributed by atoms with E-state index in [4.69, 9.17) is 5.73 Å². The van der Waals surface area contributed by atoms with Gasteiger partial charge in [-0.05, 0) is 54.5 Å². The predicted molar refractivity (Wildman–Crippen MR) is 83.2 cm³/mol. The molecular formula is C13H15IN4O. The van der Waals surface area contributed by atoms with Crippen molar-refractivity contribution >= 4 is 28.3 Å². The molecule has 5 nitrogen and oxygen atoms in total. The number of rotatable bonds is 2. The molecule has 0 aliphatic rings. The van der Waals surface area contributed by atoms with Gasteiger partial charge in [0.15, 0.2) is 0 Å². The lowest BCUT2D eigenvalue weighted by atomic mass is 10.1. The Labute approximate surface area is 125 Å². The molecule has 2 aromatic rings. The van der Waals surface area contributed by atoms with Crippen molar-refractivity contribution < 1.29 is 0 Å². The Morgan fingerprint density at radius 3 is 2.63 bits per heavy atom. The Morgan fingerprint density at radius 2 is 1.95 bits per heavy atom. The van der Waals surface area contributed by atoms with Crippen molar-refractivity contribution in [2.45, 2.75) is 27.3 Å². The molecule has 2 N–H and O–H groups in total. The molecule has 2 rings (SSSR count). The Morgan fingerprint density at radius 1 is 1.26 bits per heavy atom. The van der Waals surface area contributed by atoms with E-state index in [1.54, 1.807) is 17.0 Å². The van der Waals surface area contributed by atoms with E-state index in [2.05, 4.69) is 9.97 Å². The molecule has 0 aliphatic carbocycles. The topological polar surface area (TPSA) is 73.8 Å². The lowest BCUT2D eigenvalue weighted by Gasteiger charge is -2.13. The van der Waals surface area contributed by atoms with Crippen molar-refractivity contribution in [3.05, 3.63) is 49.0 Å². The standard InChI is InChI=1S/C13H15IN4O/c1-7-4-17-11(8(2)12(7)15)6-18-9(3)16-5-10(14)13(18)19/h4-5H,6H2,1-3H3,(H2,15,17). The van der Waals surface area contributed by atoms with Gasteiger partial charge in [-0.3, -0.25) is 14.3 Å². The molecule has 0 radical (unpaired) electrons. The van der Waals surface area contributed by atoms with E-state index < -0.39 is 0 Å². The maximum atomic E-state index is 12.1. The highest BCUT2D eigenvalue weighted by atomic mass is 127. The van der Waals surface area contributed by atoms with Crippen molar-refractivity contribution in [1.82, 2.24) is 14.5 Å². The van der Waals surface area contributed by atoms with Crippen LogP contribution in [-0.4, -0.2) is 14.5 Å². The summed E-state index contributed by atoms with van der Waals surface area (Å²) in [5.74, 6) is 0.672. The number of pyridine rings is 1. The SMILES string of the molecule is Cc1cnc(Cn2c(C)ncc(I)c2=O)c(C)c1N. The van der Waals surface area contributed by atoms with Crippen LogP contribution in [0.3, 0.4) is 0 Å². The minimum Gasteiger partial charge on any atom is -0.398 e. The number of nitrogen functional groups attached to an aromatic ring is 1. The van der Waals surface area contributed by atoms with E-state index in [9.17, 15) is 4.79 Å².